The molecule has 3 aromatic rings. The van der Waals surface area contributed by atoms with Crippen molar-refractivity contribution in [2.24, 2.45) is 0 Å². The third-order valence-corrected chi connectivity index (χ3v) is 4.14. The molecule has 0 aliphatic carbocycles. The fourth-order valence-electron chi connectivity index (χ4n) is 3.07. The van der Waals surface area contributed by atoms with Gasteiger partial charge in [-0.15, -0.1) is 12.4 Å². The van der Waals surface area contributed by atoms with Crippen LogP contribution in [0.25, 0.3) is 16.9 Å². The average Bonchev–Trinajstić information content (AvgIpc) is 3.16. The topological polar surface area (TPSA) is 51.3 Å². The molecule has 1 aromatic carbocycles. The normalized spacial score (nSPS) is 13.1. The van der Waals surface area contributed by atoms with Gasteiger partial charge in [-0.25, -0.2) is 4.39 Å². The van der Waals surface area contributed by atoms with Crippen molar-refractivity contribution in [3.8, 4) is 11.3 Å². The summed E-state index contributed by atoms with van der Waals surface area (Å²) in [6, 6.07) is 8.03. The summed E-state index contributed by atoms with van der Waals surface area (Å²) in [6.45, 7) is 4.10. The standard InChI is InChI=1S/C16H15FN4O.ClH/c1-2-20-14-9-18-8-12(14)16(22)21-15(20)7-13(19-21)10-3-5-11(17)6-4-10;/h3-7,18H,2,8-9H2,1H3;1H. The Morgan fingerprint density at radius 1 is 1.26 bits per heavy atom. The minimum absolute atomic E-state index is 0. The van der Waals surface area contributed by atoms with Gasteiger partial charge >= 0.3 is 0 Å². The van der Waals surface area contributed by atoms with E-state index in [4.69, 9.17) is 0 Å². The maximum absolute atomic E-state index is 13.1. The zero-order valence-corrected chi connectivity index (χ0v) is 13.4. The van der Waals surface area contributed by atoms with E-state index in [2.05, 4.69) is 15.0 Å². The van der Waals surface area contributed by atoms with Crippen molar-refractivity contribution in [2.45, 2.75) is 26.6 Å². The first-order chi connectivity index (χ1) is 10.7. The SMILES string of the molecule is CCn1c2c(c(=O)n3nc(-c4ccc(F)cc4)cc13)CNC2.Cl. The zero-order valence-electron chi connectivity index (χ0n) is 12.5. The predicted octanol–water partition coefficient (Wildman–Crippen LogP) is 2.35. The molecule has 5 nitrogen and oxygen atoms in total. The van der Waals surface area contributed by atoms with Crippen molar-refractivity contribution < 1.29 is 4.39 Å². The van der Waals surface area contributed by atoms with E-state index in [0.717, 1.165) is 29.0 Å². The maximum atomic E-state index is 13.1. The third-order valence-electron chi connectivity index (χ3n) is 4.14. The van der Waals surface area contributed by atoms with Crippen LogP contribution >= 0.6 is 12.4 Å². The maximum Gasteiger partial charge on any atom is 0.279 e. The highest BCUT2D eigenvalue weighted by atomic mass is 35.5. The van der Waals surface area contributed by atoms with Gasteiger partial charge in [-0.3, -0.25) is 4.79 Å². The van der Waals surface area contributed by atoms with E-state index < -0.39 is 0 Å². The fourth-order valence-corrected chi connectivity index (χ4v) is 3.07. The van der Waals surface area contributed by atoms with Crippen LogP contribution in [0.4, 0.5) is 4.39 Å². The highest BCUT2D eigenvalue weighted by molar-refractivity contribution is 5.85. The first-order valence-corrected chi connectivity index (χ1v) is 7.30. The highest BCUT2D eigenvalue weighted by Crippen LogP contribution is 2.22. The average molecular weight is 335 g/mol. The Labute approximate surface area is 138 Å². The molecule has 1 aliphatic heterocycles. The number of fused-ring (bicyclic) bond motifs is 2. The molecule has 23 heavy (non-hydrogen) atoms. The van der Waals surface area contributed by atoms with Crippen LogP contribution in [0.15, 0.2) is 35.1 Å². The van der Waals surface area contributed by atoms with E-state index in [1.165, 1.54) is 16.6 Å². The lowest BCUT2D eigenvalue weighted by atomic mass is 10.1. The van der Waals surface area contributed by atoms with Gasteiger partial charge in [-0.2, -0.15) is 9.61 Å². The molecular weight excluding hydrogens is 319 g/mol. The van der Waals surface area contributed by atoms with Crippen LogP contribution in [-0.2, 0) is 19.6 Å². The number of aryl methyl sites for hydroxylation is 1. The number of halogens is 2. The van der Waals surface area contributed by atoms with Crippen molar-refractivity contribution in [2.75, 3.05) is 0 Å². The van der Waals surface area contributed by atoms with E-state index in [9.17, 15) is 9.18 Å². The molecule has 0 amide bonds. The molecule has 4 rings (SSSR count). The number of nitrogens with one attached hydrogen (secondary N) is 1. The fraction of sp³-hybridized carbons (Fsp3) is 0.250. The van der Waals surface area contributed by atoms with Gasteiger partial charge in [0.15, 0.2) is 0 Å². The van der Waals surface area contributed by atoms with Crippen molar-refractivity contribution in [3.05, 3.63) is 57.8 Å². The first kappa shape index (κ1) is 15.7. The molecule has 1 aliphatic rings. The lowest BCUT2D eigenvalue weighted by Crippen LogP contribution is -2.24. The number of nitrogens with zero attached hydrogens (tertiary/aromatic N) is 3. The Morgan fingerprint density at radius 2 is 2.00 bits per heavy atom. The lowest BCUT2D eigenvalue weighted by molar-refractivity contribution is 0.628. The Kier molecular flexibility index (Phi) is 3.95. The van der Waals surface area contributed by atoms with Crippen LogP contribution in [0, 0.1) is 5.82 Å². The molecule has 0 saturated carbocycles. The quantitative estimate of drug-likeness (QED) is 0.782. The van der Waals surface area contributed by atoms with Gasteiger partial charge in [-0.1, -0.05) is 0 Å². The van der Waals surface area contributed by atoms with Gasteiger partial charge in [-0.05, 0) is 31.2 Å². The van der Waals surface area contributed by atoms with Crippen molar-refractivity contribution in [1.29, 1.82) is 0 Å². The van der Waals surface area contributed by atoms with Crippen molar-refractivity contribution in [1.82, 2.24) is 19.5 Å². The molecule has 0 spiro atoms. The molecule has 120 valence electrons. The molecular formula is C16H16ClFN4O. The van der Waals surface area contributed by atoms with Gasteiger partial charge < -0.3 is 9.88 Å². The third kappa shape index (κ3) is 2.34. The summed E-state index contributed by atoms with van der Waals surface area (Å²) >= 11 is 0. The van der Waals surface area contributed by atoms with E-state index in [-0.39, 0.29) is 23.8 Å². The van der Waals surface area contributed by atoms with E-state index >= 15 is 0 Å². The minimum Gasteiger partial charge on any atom is -0.328 e. The summed E-state index contributed by atoms with van der Waals surface area (Å²) in [5, 5.41) is 7.65. The number of hydrogen-bond acceptors (Lipinski definition) is 3. The molecule has 1 N–H and O–H groups in total. The van der Waals surface area contributed by atoms with E-state index in [1.807, 2.05) is 13.0 Å². The molecule has 0 saturated heterocycles. The highest BCUT2D eigenvalue weighted by Gasteiger charge is 2.22. The predicted molar refractivity (Wildman–Crippen MR) is 88.3 cm³/mol. The monoisotopic (exact) mass is 334 g/mol. The number of aromatic nitrogens is 3. The Balaban J connectivity index is 0.00000156. The smallest absolute Gasteiger partial charge is 0.279 e. The number of rotatable bonds is 2. The van der Waals surface area contributed by atoms with Gasteiger partial charge in [0, 0.05) is 37.0 Å². The Bertz CT molecular complexity index is 930. The van der Waals surface area contributed by atoms with Crippen LogP contribution in [0.1, 0.15) is 18.2 Å². The Hall–Kier alpha value is -2.18. The summed E-state index contributed by atoms with van der Waals surface area (Å²) in [4.78, 5) is 12.6. The van der Waals surface area contributed by atoms with Crippen LogP contribution in [0.2, 0.25) is 0 Å². The first-order valence-electron chi connectivity index (χ1n) is 7.30. The van der Waals surface area contributed by atoms with E-state index in [0.29, 0.717) is 18.8 Å². The molecule has 0 atom stereocenters. The molecule has 0 unspecified atom stereocenters. The second kappa shape index (κ2) is 5.79. The number of benzene rings is 1. The van der Waals surface area contributed by atoms with Crippen molar-refractivity contribution in [3.63, 3.8) is 0 Å². The summed E-state index contributed by atoms with van der Waals surface area (Å²) in [5.41, 5.74) is 3.98. The van der Waals surface area contributed by atoms with Crippen LogP contribution in [0.5, 0.6) is 0 Å². The molecule has 0 fully saturated rings. The molecule has 3 heterocycles. The van der Waals surface area contributed by atoms with Gasteiger partial charge in [0.25, 0.3) is 5.56 Å². The van der Waals surface area contributed by atoms with Crippen LogP contribution < -0.4 is 10.9 Å². The number of hydrogen-bond donors (Lipinski definition) is 1. The minimum atomic E-state index is -0.286. The summed E-state index contributed by atoms with van der Waals surface area (Å²) in [6.07, 6.45) is 0. The largest absolute Gasteiger partial charge is 0.328 e. The zero-order chi connectivity index (χ0) is 15.3. The van der Waals surface area contributed by atoms with Gasteiger partial charge in [0.2, 0.25) is 0 Å². The second-order valence-corrected chi connectivity index (χ2v) is 5.38. The summed E-state index contributed by atoms with van der Waals surface area (Å²) in [5.74, 6) is -0.286. The van der Waals surface area contributed by atoms with Gasteiger partial charge in [0.05, 0.1) is 11.3 Å². The van der Waals surface area contributed by atoms with Crippen molar-refractivity contribution >= 4 is 18.1 Å². The molecule has 2 aromatic heterocycles. The Morgan fingerprint density at radius 3 is 2.70 bits per heavy atom. The lowest BCUT2D eigenvalue weighted by Gasteiger charge is -2.11. The summed E-state index contributed by atoms with van der Waals surface area (Å²) in [7, 11) is 0. The van der Waals surface area contributed by atoms with E-state index in [1.54, 1.807) is 12.1 Å². The molecule has 7 heteroatoms. The molecule has 0 radical (unpaired) electrons. The second-order valence-electron chi connectivity index (χ2n) is 5.38. The summed E-state index contributed by atoms with van der Waals surface area (Å²) < 4.78 is 16.6. The van der Waals surface area contributed by atoms with Crippen LogP contribution in [0.3, 0.4) is 0 Å². The van der Waals surface area contributed by atoms with Crippen LogP contribution in [-0.4, -0.2) is 14.2 Å². The molecule has 0 bridgehead atoms. The van der Waals surface area contributed by atoms with Gasteiger partial charge in [0.1, 0.15) is 11.5 Å².